The third-order valence-corrected chi connectivity index (χ3v) is 11.5. The highest BCUT2D eigenvalue weighted by Gasteiger charge is 2.46. The Morgan fingerprint density at radius 1 is 0.519 bits per heavy atom. The molecular weight excluding hydrogens is 637 g/mol. The van der Waals surface area contributed by atoms with Crippen LogP contribution in [0.3, 0.4) is 0 Å². The van der Waals surface area contributed by atoms with Gasteiger partial charge in [-0.05, 0) is 126 Å². The van der Waals surface area contributed by atoms with Gasteiger partial charge < -0.3 is 9.47 Å². The highest BCUT2D eigenvalue weighted by molar-refractivity contribution is 6.09. The zero-order valence-electron chi connectivity index (χ0n) is 31.2. The van der Waals surface area contributed by atoms with Gasteiger partial charge in [0.25, 0.3) is 0 Å². The van der Waals surface area contributed by atoms with Crippen LogP contribution in [0.15, 0.2) is 146 Å². The minimum Gasteiger partial charge on any atom is -0.488 e. The largest absolute Gasteiger partial charge is 0.488 e. The lowest BCUT2D eigenvalue weighted by Crippen LogP contribution is -2.29. The molecule has 52 heavy (non-hydrogen) atoms. The van der Waals surface area contributed by atoms with Gasteiger partial charge in [0.1, 0.15) is 22.8 Å². The van der Waals surface area contributed by atoms with Crippen LogP contribution in [0.25, 0.3) is 11.1 Å². The van der Waals surface area contributed by atoms with Gasteiger partial charge in [-0.15, -0.1) is 0 Å². The second-order valence-corrected chi connectivity index (χ2v) is 14.9. The normalized spacial score (nSPS) is 13.3. The van der Waals surface area contributed by atoms with Crippen molar-refractivity contribution in [2.24, 2.45) is 0 Å². The van der Waals surface area contributed by atoms with Crippen molar-refractivity contribution in [1.82, 2.24) is 0 Å². The van der Waals surface area contributed by atoms with Crippen molar-refractivity contribution in [3.63, 3.8) is 0 Å². The monoisotopic (exact) mass is 684 g/mol. The second kappa shape index (κ2) is 14.0. The average molecular weight is 685 g/mol. The first-order chi connectivity index (χ1) is 25.1. The summed E-state index contributed by atoms with van der Waals surface area (Å²) in [6, 6.07) is 50.1. The zero-order chi connectivity index (χ0) is 36.5. The number of rotatable bonds is 12. The molecule has 6 aromatic carbocycles. The van der Waals surface area contributed by atoms with Crippen LogP contribution in [0.4, 0.5) is 0 Å². The van der Waals surface area contributed by atoms with E-state index in [0.29, 0.717) is 16.9 Å². The quantitative estimate of drug-likeness (QED) is 0.120. The smallest absolute Gasteiger partial charge is 0.193 e. The first-order valence-electron chi connectivity index (χ1n) is 18.6. The molecule has 0 atom stereocenters. The molecule has 0 unspecified atom stereocenters. The molecule has 3 heteroatoms. The Kier molecular flexibility index (Phi) is 9.40. The van der Waals surface area contributed by atoms with E-state index in [4.69, 9.17) is 9.47 Å². The van der Waals surface area contributed by atoms with Crippen molar-refractivity contribution in [1.29, 1.82) is 0 Å². The van der Waals surface area contributed by atoms with E-state index in [1.807, 2.05) is 48.5 Å². The molecule has 0 aromatic heterocycles. The number of hydrogen-bond acceptors (Lipinski definition) is 3. The molecule has 262 valence electrons. The summed E-state index contributed by atoms with van der Waals surface area (Å²) in [5.41, 5.74) is 9.31. The number of ether oxygens (including phenoxy) is 2. The van der Waals surface area contributed by atoms with Crippen molar-refractivity contribution in [2.75, 3.05) is 0 Å². The maximum Gasteiger partial charge on any atom is 0.193 e. The van der Waals surface area contributed by atoms with Crippen molar-refractivity contribution < 1.29 is 14.3 Å². The number of carbonyl (C=O) groups is 1. The third kappa shape index (κ3) is 6.23. The Bertz CT molecular complexity index is 2120. The summed E-state index contributed by atoms with van der Waals surface area (Å²) < 4.78 is 12.7. The van der Waals surface area contributed by atoms with Crippen molar-refractivity contribution in [3.8, 4) is 28.4 Å². The second-order valence-electron chi connectivity index (χ2n) is 14.9. The molecule has 6 aromatic rings. The minimum atomic E-state index is -0.517. The minimum absolute atomic E-state index is 0.00764. The number of benzene rings is 6. The number of ketones is 1. The summed E-state index contributed by atoms with van der Waals surface area (Å²) in [4.78, 5) is 13.3. The Labute approximate surface area is 309 Å². The van der Waals surface area contributed by atoms with Gasteiger partial charge in [-0.3, -0.25) is 4.79 Å². The molecular formula is C49H48O3. The van der Waals surface area contributed by atoms with Gasteiger partial charge in [0.05, 0.1) is 5.41 Å². The topological polar surface area (TPSA) is 35.5 Å². The molecule has 1 aliphatic rings. The van der Waals surface area contributed by atoms with Gasteiger partial charge in [-0.1, -0.05) is 125 Å². The van der Waals surface area contributed by atoms with Crippen LogP contribution >= 0.6 is 0 Å². The van der Waals surface area contributed by atoms with E-state index in [0.717, 1.165) is 36.3 Å². The molecule has 0 radical (unpaired) electrons. The van der Waals surface area contributed by atoms with Crippen molar-refractivity contribution in [3.05, 3.63) is 185 Å². The molecule has 0 spiro atoms. The SMILES string of the molecule is CCC(C)(C)Oc1ccc(C2(c3ccc(Oc4ccc(C(=O)c5ccc(C(C)(CC)CC)cc5)cc4)cc3)c3ccccc3-c3ccccc32)cc1. The summed E-state index contributed by atoms with van der Waals surface area (Å²) in [7, 11) is 0. The molecule has 0 saturated heterocycles. The van der Waals surface area contributed by atoms with Crippen LogP contribution in [0, 0.1) is 0 Å². The van der Waals surface area contributed by atoms with Crippen LogP contribution in [-0.2, 0) is 10.8 Å². The molecule has 0 N–H and O–H groups in total. The van der Waals surface area contributed by atoms with Crippen LogP contribution < -0.4 is 9.47 Å². The van der Waals surface area contributed by atoms with E-state index in [-0.39, 0.29) is 16.8 Å². The molecule has 1 aliphatic carbocycles. The van der Waals surface area contributed by atoms with Gasteiger partial charge in [-0.25, -0.2) is 0 Å². The van der Waals surface area contributed by atoms with E-state index >= 15 is 0 Å². The Balaban J connectivity index is 1.17. The molecule has 0 saturated carbocycles. The lowest BCUT2D eigenvalue weighted by Gasteiger charge is -2.34. The Morgan fingerprint density at radius 3 is 1.40 bits per heavy atom. The maximum atomic E-state index is 13.3. The molecule has 0 heterocycles. The molecule has 0 fully saturated rings. The average Bonchev–Trinajstić information content (AvgIpc) is 3.49. The number of hydrogen-bond donors (Lipinski definition) is 0. The van der Waals surface area contributed by atoms with Gasteiger partial charge in [0.15, 0.2) is 5.78 Å². The van der Waals surface area contributed by atoms with E-state index in [9.17, 15) is 4.79 Å². The van der Waals surface area contributed by atoms with Gasteiger partial charge in [0.2, 0.25) is 0 Å². The van der Waals surface area contributed by atoms with Crippen LogP contribution in [-0.4, -0.2) is 11.4 Å². The van der Waals surface area contributed by atoms with Crippen LogP contribution in [0.2, 0.25) is 0 Å². The summed E-state index contributed by atoms with van der Waals surface area (Å²) in [6.07, 6.45) is 3.04. The van der Waals surface area contributed by atoms with Crippen LogP contribution in [0.5, 0.6) is 17.2 Å². The first-order valence-corrected chi connectivity index (χ1v) is 18.6. The molecule has 7 rings (SSSR count). The van der Waals surface area contributed by atoms with Crippen molar-refractivity contribution >= 4 is 5.78 Å². The highest BCUT2D eigenvalue weighted by Crippen LogP contribution is 2.56. The highest BCUT2D eigenvalue weighted by atomic mass is 16.5. The summed E-state index contributed by atoms with van der Waals surface area (Å²) in [5.74, 6) is 2.28. The van der Waals surface area contributed by atoms with Gasteiger partial charge in [-0.2, -0.15) is 0 Å². The fraction of sp³-hybridized carbons (Fsp3) is 0.245. The number of fused-ring (bicyclic) bond motifs is 3. The fourth-order valence-electron chi connectivity index (χ4n) is 7.62. The number of carbonyl (C=O) groups excluding carboxylic acids is 1. The lowest BCUT2D eigenvalue weighted by atomic mass is 9.68. The predicted molar refractivity (Wildman–Crippen MR) is 213 cm³/mol. The lowest BCUT2D eigenvalue weighted by molar-refractivity contribution is 0.103. The first kappa shape index (κ1) is 35.0. The van der Waals surface area contributed by atoms with E-state index in [1.54, 1.807) is 0 Å². The fourth-order valence-corrected chi connectivity index (χ4v) is 7.62. The van der Waals surface area contributed by atoms with Crippen LogP contribution in [0.1, 0.15) is 105 Å². The third-order valence-electron chi connectivity index (χ3n) is 11.5. The van der Waals surface area contributed by atoms with Gasteiger partial charge in [0, 0.05) is 11.1 Å². The zero-order valence-corrected chi connectivity index (χ0v) is 31.2. The molecule has 0 amide bonds. The molecule has 3 nitrogen and oxygen atoms in total. The molecule has 0 aliphatic heterocycles. The van der Waals surface area contributed by atoms with Gasteiger partial charge >= 0.3 is 0 Å². The Morgan fingerprint density at radius 2 is 0.942 bits per heavy atom. The van der Waals surface area contributed by atoms with E-state index in [1.165, 1.54) is 33.4 Å². The van der Waals surface area contributed by atoms with Crippen molar-refractivity contribution in [2.45, 2.75) is 77.2 Å². The summed E-state index contributed by atoms with van der Waals surface area (Å²) >= 11 is 0. The Hall–Kier alpha value is -5.41. The summed E-state index contributed by atoms with van der Waals surface area (Å²) in [5, 5.41) is 0. The summed E-state index contributed by atoms with van der Waals surface area (Å²) in [6.45, 7) is 13.1. The standard InChI is InChI=1S/C49H48O3/c1-7-47(4,5)52-41-32-26-38(27-33-41)49(44-16-12-10-14-42(44)43-15-11-13-17-45(43)49)37-24-30-40(31-25-37)51-39-28-20-35(21-29-39)46(50)34-18-22-36(23-19-34)48(6,8-2)9-3/h10-33H,7-9H2,1-6H3. The molecule has 0 bridgehead atoms. The maximum absolute atomic E-state index is 13.3. The van der Waals surface area contributed by atoms with E-state index < -0.39 is 5.41 Å². The van der Waals surface area contributed by atoms with E-state index in [2.05, 4.69) is 139 Å². The predicted octanol–water partition coefficient (Wildman–Crippen LogP) is 12.7.